The third-order valence-electron chi connectivity index (χ3n) is 2.05. The van der Waals surface area contributed by atoms with Crippen LogP contribution in [0.4, 0.5) is 0 Å². The smallest absolute Gasteiger partial charge is 0.307 e. The van der Waals surface area contributed by atoms with Gasteiger partial charge in [0, 0.05) is 12.5 Å². The van der Waals surface area contributed by atoms with Crippen LogP contribution >= 0.6 is 0 Å². The molecule has 0 radical (unpaired) electrons. The van der Waals surface area contributed by atoms with Crippen LogP contribution in [0.25, 0.3) is 0 Å². The number of carbonyl (C=O) groups excluding carboxylic acids is 1. The SMILES string of the molecule is CCCCC1=CC(=O)[C@@H](CC(=O)O)O1. The van der Waals surface area contributed by atoms with Crippen molar-refractivity contribution in [2.24, 2.45) is 0 Å². The van der Waals surface area contributed by atoms with Gasteiger partial charge in [0.05, 0.1) is 6.42 Å². The predicted octanol–water partition coefficient (Wildman–Crippen LogP) is 1.50. The molecule has 0 unspecified atom stereocenters. The first-order valence-corrected chi connectivity index (χ1v) is 4.76. The van der Waals surface area contributed by atoms with Crippen molar-refractivity contribution in [3.05, 3.63) is 11.8 Å². The molecule has 1 aliphatic rings. The van der Waals surface area contributed by atoms with Gasteiger partial charge in [0.1, 0.15) is 5.76 Å². The number of hydrogen-bond donors (Lipinski definition) is 1. The van der Waals surface area contributed by atoms with Crippen molar-refractivity contribution in [2.45, 2.75) is 38.7 Å². The third kappa shape index (κ3) is 2.87. The number of unbranched alkanes of at least 4 members (excludes halogenated alkanes) is 1. The molecule has 78 valence electrons. The molecule has 4 nitrogen and oxygen atoms in total. The highest BCUT2D eigenvalue weighted by Crippen LogP contribution is 2.21. The zero-order chi connectivity index (χ0) is 10.6. The number of carboxylic acid groups (broad SMARTS) is 1. The van der Waals surface area contributed by atoms with Gasteiger partial charge in [-0.2, -0.15) is 0 Å². The topological polar surface area (TPSA) is 63.6 Å². The molecule has 0 aliphatic carbocycles. The molecular formula is C10H14O4. The van der Waals surface area contributed by atoms with Crippen molar-refractivity contribution in [1.82, 2.24) is 0 Å². The van der Waals surface area contributed by atoms with Gasteiger partial charge >= 0.3 is 5.97 Å². The van der Waals surface area contributed by atoms with Crippen molar-refractivity contribution < 1.29 is 19.4 Å². The molecule has 4 heteroatoms. The van der Waals surface area contributed by atoms with Crippen LogP contribution in [-0.2, 0) is 14.3 Å². The van der Waals surface area contributed by atoms with E-state index in [9.17, 15) is 9.59 Å². The summed E-state index contributed by atoms with van der Waals surface area (Å²) in [6.45, 7) is 2.05. The van der Waals surface area contributed by atoms with Crippen LogP contribution in [0.5, 0.6) is 0 Å². The molecule has 1 heterocycles. The molecule has 0 saturated heterocycles. The molecule has 0 saturated carbocycles. The van der Waals surface area contributed by atoms with Gasteiger partial charge in [-0.25, -0.2) is 0 Å². The van der Waals surface area contributed by atoms with E-state index in [0.29, 0.717) is 5.76 Å². The standard InChI is InChI=1S/C10H14O4/c1-2-3-4-7-5-8(11)9(14-7)6-10(12)13/h5,9H,2-4,6H2,1H3,(H,12,13)/t9-/m1/s1. The molecule has 0 bridgehead atoms. The lowest BCUT2D eigenvalue weighted by molar-refractivity contribution is -0.141. The summed E-state index contributed by atoms with van der Waals surface area (Å²) < 4.78 is 5.22. The number of carbonyl (C=O) groups is 2. The number of carboxylic acids is 1. The first-order valence-electron chi connectivity index (χ1n) is 4.76. The van der Waals surface area contributed by atoms with E-state index in [1.165, 1.54) is 6.08 Å². The van der Waals surface area contributed by atoms with Crippen LogP contribution in [0.2, 0.25) is 0 Å². The van der Waals surface area contributed by atoms with E-state index in [4.69, 9.17) is 9.84 Å². The van der Waals surface area contributed by atoms with Gasteiger partial charge in [-0.05, 0) is 6.42 Å². The molecule has 0 spiro atoms. The lowest BCUT2D eigenvalue weighted by Gasteiger charge is -2.08. The van der Waals surface area contributed by atoms with Crippen LogP contribution in [0, 0.1) is 0 Å². The van der Waals surface area contributed by atoms with Crippen LogP contribution in [0.3, 0.4) is 0 Å². The Kier molecular flexibility index (Phi) is 3.68. The second-order valence-corrected chi connectivity index (χ2v) is 3.32. The first kappa shape index (κ1) is 10.8. The highest BCUT2D eigenvalue weighted by molar-refractivity contribution is 5.97. The fourth-order valence-electron chi connectivity index (χ4n) is 1.31. The summed E-state index contributed by atoms with van der Waals surface area (Å²) in [6, 6.07) is 0. The molecule has 14 heavy (non-hydrogen) atoms. The highest BCUT2D eigenvalue weighted by atomic mass is 16.5. The van der Waals surface area contributed by atoms with Gasteiger partial charge in [-0.3, -0.25) is 9.59 Å². The summed E-state index contributed by atoms with van der Waals surface area (Å²) in [5.41, 5.74) is 0. The number of aliphatic carboxylic acids is 1. The summed E-state index contributed by atoms with van der Waals surface area (Å²) in [5, 5.41) is 8.50. The van der Waals surface area contributed by atoms with E-state index in [1.54, 1.807) is 0 Å². The van der Waals surface area contributed by atoms with E-state index < -0.39 is 12.1 Å². The molecule has 1 atom stereocenters. The van der Waals surface area contributed by atoms with Gasteiger partial charge in [0.25, 0.3) is 0 Å². The molecule has 0 aromatic carbocycles. The summed E-state index contributed by atoms with van der Waals surface area (Å²) in [6.07, 6.45) is 3.09. The summed E-state index contributed by atoms with van der Waals surface area (Å²) in [4.78, 5) is 21.6. The van der Waals surface area contributed by atoms with Gasteiger partial charge in [0.2, 0.25) is 0 Å². The molecule has 0 aromatic heterocycles. The molecule has 0 amide bonds. The third-order valence-corrected chi connectivity index (χ3v) is 2.05. The van der Waals surface area contributed by atoms with Gasteiger partial charge < -0.3 is 9.84 Å². The van der Waals surface area contributed by atoms with Crippen LogP contribution in [-0.4, -0.2) is 23.0 Å². The molecule has 1 N–H and O–H groups in total. The Morgan fingerprint density at radius 1 is 1.64 bits per heavy atom. The molecule has 1 rings (SSSR count). The summed E-state index contributed by atoms with van der Waals surface area (Å²) in [5.74, 6) is -0.602. The van der Waals surface area contributed by atoms with Crippen molar-refractivity contribution in [2.75, 3.05) is 0 Å². The quantitative estimate of drug-likeness (QED) is 0.727. The van der Waals surface area contributed by atoms with Crippen molar-refractivity contribution in [3.8, 4) is 0 Å². The average molecular weight is 198 g/mol. The van der Waals surface area contributed by atoms with E-state index in [1.807, 2.05) is 6.92 Å². The number of ketones is 1. The summed E-state index contributed by atoms with van der Waals surface area (Å²) in [7, 11) is 0. The minimum absolute atomic E-state index is 0.224. The Morgan fingerprint density at radius 3 is 2.93 bits per heavy atom. The lowest BCUT2D eigenvalue weighted by Crippen LogP contribution is -2.20. The van der Waals surface area contributed by atoms with Gasteiger partial charge in [0.15, 0.2) is 11.9 Å². The maximum Gasteiger partial charge on any atom is 0.307 e. The molecule has 0 aromatic rings. The van der Waals surface area contributed by atoms with E-state index >= 15 is 0 Å². The minimum atomic E-state index is -1.01. The maximum absolute atomic E-state index is 11.2. The molecular weight excluding hydrogens is 184 g/mol. The largest absolute Gasteiger partial charge is 0.486 e. The Labute approximate surface area is 82.6 Å². The van der Waals surface area contributed by atoms with Gasteiger partial charge in [-0.1, -0.05) is 13.3 Å². The second kappa shape index (κ2) is 4.79. The molecule has 0 fully saturated rings. The Morgan fingerprint density at radius 2 is 2.36 bits per heavy atom. The van der Waals surface area contributed by atoms with E-state index in [2.05, 4.69) is 0 Å². The number of rotatable bonds is 5. The number of ether oxygens (including phenoxy) is 1. The highest BCUT2D eigenvalue weighted by Gasteiger charge is 2.28. The fourth-order valence-corrected chi connectivity index (χ4v) is 1.31. The maximum atomic E-state index is 11.2. The first-order chi connectivity index (χ1) is 6.63. The Bertz CT molecular complexity index is 267. The predicted molar refractivity (Wildman–Crippen MR) is 49.7 cm³/mol. The van der Waals surface area contributed by atoms with E-state index in [0.717, 1.165) is 19.3 Å². The Hall–Kier alpha value is -1.32. The summed E-state index contributed by atoms with van der Waals surface area (Å²) >= 11 is 0. The van der Waals surface area contributed by atoms with E-state index in [-0.39, 0.29) is 12.2 Å². The monoisotopic (exact) mass is 198 g/mol. The van der Waals surface area contributed by atoms with Crippen molar-refractivity contribution in [1.29, 1.82) is 0 Å². The molecule has 1 aliphatic heterocycles. The fraction of sp³-hybridized carbons (Fsp3) is 0.600. The Balaban J connectivity index is 2.42. The number of allylic oxidation sites excluding steroid dienone is 1. The van der Waals surface area contributed by atoms with Crippen LogP contribution in [0.15, 0.2) is 11.8 Å². The zero-order valence-electron chi connectivity index (χ0n) is 8.16. The van der Waals surface area contributed by atoms with Crippen LogP contribution in [0.1, 0.15) is 32.6 Å². The van der Waals surface area contributed by atoms with Crippen LogP contribution < -0.4 is 0 Å². The second-order valence-electron chi connectivity index (χ2n) is 3.32. The minimum Gasteiger partial charge on any atom is -0.486 e. The normalized spacial score (nSPS) is 20.5. The zero-order valence-corrected chi connectivity index (χ0v) is 8.16. The lowest BCUT2D eigenvalue weighted by atomic mass is 10.2. The van der Waals surface area contributed by atoms with Crippen molar-refractivity contribution in [3.63, 3.8) is 0 Å². The average Bonchev–Trinajstić information content (AvgIpc) is 2.43. The van der Waals surface area contributed by atoms with Crippen molar-refractivity contribution >= 4 is 11.8 Å². The number of hydrogen-bond acceptors (Lipinski definition) is 3. The van der Waals surface area contributed by atoms with Gasteiger partial charge in [-0.15, -0.1) is 0 Å².